The van der Waals surface area contributed by atoms with E-state index in [-0.39, 0.29) is 0 Å². The van der Waals surface area contributed by atoms with Crippen LogP contribution < -0.4 is 0 Å². The van der Waals surface area contributed by atoms with Gasteiger partial charge in [-0.05, 0) is 6.42 Å². The highest BCUT2D eigenvalue weighted by Gasteiger charge is 1.73. The maximum atomic E-state index is 3.23. The highest BCUT2D eigenvalue weighted by Crippen LogP contribution is 1.90. The molecule has 0 nitrogen and oxygen atoms in total. The molecular weight excluding hydrogens is 164 g/mol. The second kappa shape index (κ2) is 7.04. The van der Waals surface area contributed by atoms with Crippen molar-refractivity contribution in [3.8, 4) is 11.8 Å². The van der Waals surface area contributed by atoms with Gasteiger partial charge in [-0.3, -0.25) is 0 Å². The average Bonchev–Trinajstić information content (AvgIpc) is 1.81. The Morgan fingerprint density at radius 3 is 2.62 bits per heavy atom. The molecule has 46 valence electrons. The quantitative estimate of drug-likeness (QED) is 0.343. The fourth-order valence-electron chi connectivity index (χ4n) is 0.401. The first-order valence-electron chi connectivity index (χ1n) is 2.93. The lowest BCUT2D eigenvalue weighted by Crippen LogP contribution is -1.67. The summed E-state index contributed by atoms with van der Waals surface area (Å²) in [7, 11) is 0. The van der Waals surface area contributed by atoms with Crippen LogP contribution >= 0.6 is 15.9 Å². The fourth-order valence-corrected chi connectivity index (χ4v) is 0.599. The zero-order chi connectivity index (χ0) is 6.24. The second-order valence-electron chi connectivity index (χ2n) is 1.59. The predicted molar refractivity (Wildman–Crippen MR) is 41.1 cm³/mol. The third kappa shape index (κ3) is 6.04. The van der Waals surface area contributed by atoms with Crippen LogP contribution in [0.5, 0.6) is 0 Å². The van der Waals surface area contributed by atoms with E-state index in [0.717, 1.165) is 11.8 Å². The molecule has 0 saturated heterocycles. The van der Waals surface area contributed by atoms with Crippen molar-refractivity contribution in [3.63, 3.8) is 0 Å². The summed E-state index contributed by atoms with van der Waals surface area (Å²) in [6.45, 7) is 2.18. The molecule has 0 unspecified atom stereocenters. The van der Waals surface area contributed by atoms with Crippen molar-refractivity contribution in [1.29, 1.82) is 0 Å². The van der Waals surface area contributed by atoms with E-state index in [1.165, 1.54) is 12.8 Å². The van der Waals surface area contributed by atoms with Crippen molar-refractivity contribution in [2.75, 3.05) is 5.33 Å². The molecule has 0 rings (SSSR count). The van der Waals surface area contributed by atoms with Crippen LogP contribution in [0.2, 0.25) is 0 Å². The van der Waals surface area contributed by atoms with Crippen LogP contribution in [0.1, 0.15) is 26.2 Å². The van der Waals surface area contributed by atoms with Gasteiger partial charge in [0.05, 0.1) is 5.33 Å². The molecule has 0 aromatic rings. The minimum Gasteiger partial charge on any atom is -0.102 e. The number of alkyl halides is 1. The van der Waals surface area contributed by atoms with Crippen molar-refractivity contribution in [1.82, 2.24) is 0 Å². The molecule has 0 heterocycles. The van der Waals surface area contributed by atoms with Crippen LogP contribution in [0.15, 0.2) is 0 Å². The Morgan fingerprint density at radius 2 is 2.12 bits per heavy atom. The third-order valence-corrected chi connectivity index (χ3v) is 1.13. The number of halogens is 1. The second-order valence-corrected chi connectivity index (χ2v) is 2.15. The lowest BCUT2D eigenvalue weighted by Gasteiger charge is -1.81. The number of unbranched alkanes of at least 4 members (excludes halogenated alkanes) is 2. The van der Waals surface area contributed by atoms with Gasteiger partial charge < -0.3 is 0 Å². The van der Waals surface area contributed by atoms with Gasteiger partial charge >= 0.3 is 0 Å². The van der Waals surface area contributed by atoms with E-state index >= 15 is 0 Å². The predicted octanol–water partition coefficient (Wildman–Crippen LogP) is 2.57. The summed E-state index contributed by atoms with van der Waals surface area (Å²) in [5, 5.41) is 0.816. The van der Waals surface area contributed by atoms with Crippen LogP contribution in [0.25, 0.3) is 0 Å². The molecule has 0 radical (unpaired) electrons. The largest absolute Gasteiger partial charge is 0.102 e. The van der Waals surface area contributed by atoms with Crippen LogP contribution in [0.4, 0.5) is 0 Å². The standard InChI is InChI=1S/C7H11Br/c1-2-3-4-5-6-7-8/h2-4,7H2,1H3. The Kier molecular flexibility index (Phi) is 7.08. The molecule has 0 bridgehead atoms. The Hall–Kier alpha value is 0.0400. The minimum absolute atomic E-state index is 0.816. The molecule has 0 aliphatic carbocycles. The number of hydrogen-bond donors (Lipinski definition) is 0. The van der Waals surface area contributed by atoms with Gasteiger partial charge in [-0.15, -0.1) is 5.92 Å². The molecule has 0 atom stereocenters. The van der Waals surface area contributed by atoms with Gasteiger partial charge in [-0.2, -0.15) is 0 Å². The summed E-state index contributed by atoms with van der Waals surface area (Å²) < 4.78 is 0. The first kappa shape index (κ1) is 8.04. The highest BCUT2D eigenvalue weighted by molar-refractivity contribution is 9.09. The third-order valence-electron chi connectivity index (χ3n) is 0.847. The molecule has 0 amide bonds. The maximum absolute atomic E-state index is 3.23. The number of rotatable bonds is 2. The normalized spacial score (nSPS) is 7.75. The Morgan fingerprint density at radius 1 is 1.38 bits per heavy atom. The summed E-state index contributed by atoms with van der Waals surface area (Å²) in [4.78, 5) is 0. The van der Waals surface area contributed by atoms with Crippen LogP contribution in [-0.4, -0.2) is 5.33 Å². The lowest BCUT2D eigenvalue weighted by atomic mass is 10.3. The topological polar surface area (TPSA) is 0 Å². The summed E-state index contributed by atoms with van der Waals surface area (Å²) in [6.07, 6.45) is 3.54. The Bertz CT molecular complexity index is 86.3. The molecule has 1 heteroatoms. The Balaban J connectivity index is 2.90. The summed E-state index contributed by atoms with van der Waals surface area (Å²) >= 11 is 3.23. The van der Waals surface area contributed by atoms with Gasteiger partial charge in [0.25, 0.3) is 0 Å². The maximum Gasteiger partial charge on any atom is 0.0645 e. The Labute approximate surface area is 59.8 Å². The molecule has 0 aromatic heterocycles. The fraction of sp³-hybridized carbons (Fsp3) is 0.714. The first-order valence-corrected chi connectivity index (χ1v) is 4.05. The van der Waals surface area contributed by atoms with Gasteiger partial charge in [0.1, 0.15) is 0 Å². The zero-order valence-corrected chi connectivity index (χ0v) is 6.79. The van der Waals surface area contributed by atoms with Gasteiger partial charge in [0.15, 0.2) is 0 Å². The number of hydrogen-bond acceptors (Lipinski definition) is 0. The SMILES string of the molecule is CCCCC#CCBr. The van der Waals surface area contributed by atoms with Gasteiger partial charge in [0.2, 0.25) is 0 Å². The molecule has 0 saturated carbocycles. The smallest absolute Gasteiger partial charge is 0.0645 e. The van der Waals surface area contributed by atoms with Gasteiger partial charge in [0, 0.05) is 6.42 Å². The molecule has 0 spiro atoms. The van der Waals surface area contributed by atoms with Crippen molar-refractivity contribution in [2.24, 2.45) is 0 Å². The van der Waals surface area contributed by atoms with Crippen molar-refractivity contribution in [3.05, 3.63) is 0 Å². The van der Waals surface area contributed by atoms with Gasteiger partial charge in [-0.25, -0.2) is 0 Å². The monoisotopic (exact) mass is 174 g/mol. The van der Waals surface area contributed by atoms with Crippen LogP contribution in [0, 0.1) is 11.8 Å². The molecule has 0 N–H and O–H groups in total. The first-order chi connectivity index (χ1) is 3.91. The molecule has 0 aliphatic rings. The zero-order valence-electron chi connectivity index (χ0n) is 5.21. The van der Waals surface area contributed by atoms with E-state index in [1.54, 1.807) is 0 Å². The molecule has 8 heavy (non-hydrogen) atoms. The molecule has 0 fully saturated rings. The van der Waals surface area contributed by atoms with Crippen LogP contribution in [0.3, 0.4) is 0 Å². The van der Waals surface area contributed by atoms with E-state index in [1.807, 2.05) is 0 Å². The lowest BCUT2D eigenvalue weighted by molar-refractivity contribution is 0.828. The van der Waals surface area contributed by atoms with E-state index in [4.69, 9.17) is 0 Å². The highest BCUT2D eigenvalue weighted by atomic mass is 79.9. The van der Waals surface area contributed by atoms with Gasteiger partial charge in [-0.1, -0.05) is 35.2 Å². The minimum atomic E-state index is 0.816. The van der Waals surface area contributed by atoms with Crippen molar-refractivity contribution in [2.45, 2.75) is 26.2 Å². The summed E-state index contributed by atoms with van der Waals surface area (Å²) in [6, 6.07) is 0. The van der Waals surface area contributed by atoms with E-state index in [9.17, 15) is 0 Å². The van der Waals surface area contributed by atoms with Crippen molar-refractivity contribution < 1.29 is 0 Å². The molecule has 0 aromatic carbocycles. The molecular formula is C7H11Br. The van der Waals surface area contributed by atoms with Crippen LogP contribution in [-0.2, 0) is 0 Å². The summed E-state index contributed by atoms with van der Waals surface area (Å²) in [5.41, 5.74) is 0. The van der Waals surface area contributed by atoms with Crippen molar-refractivity contribution >= 4 is 15.9 Å². The average molecular weight is 175 g/mol. The molecule has 0 aliphatic heterocycles. The van der Waals surface area contributed by atoms with E-state index in [2.05, 4.69) is 34.7 Å². The summed E-state index contributed by atoms with van der Waals surface area (Å²) in [5.74, 6) is 5.99. The van der Waals surface area contributed by atoms with E-state index in [0.29, 0.717) is 0 Å². The van der Waals surface area contributed by atoms with E-state index < -0.39 is 0 Å².